The number of amides is 1. The maximum atomic E-state index is 10.3. The molecule has 0 saturated carbocycles. The Labute approximate surface area is 84.2 Å². The zero-order valence-corrected chi connectivity index (χ0v) is 8.41. The quantitative estimate of drug-likeness (QED) is 0.478. The van der Waals surface area contributed by atoms with E-state index in [9.17, 15) is 4.79 Å². The van der Waals surface area contributed by atoms with Crippen molar-refractivity contribution >= 4 is 5.91 Å². The lowest BCUT2D eigenvalue weighted by Crippen LogP contribution is -2.11. The van der Waals surface area contributed by atoms with E-state index in [2.05, 4.69) is 0 Å². The molecule has 0 aliphatic heterocycles. The molecule has 0 bridgehead atoms. The molecule has 0 rings (SSSR count). The molecule has 0 aromatic carbocycles. The van der Waals surface area contributed by atoms with Crippen molar-refractivity contribution in [3.63, 3.8) is 0 Å². The van der Waals surface area contributed by atoms with Crippen LogP contribution in [-0.4, -0.2) is 44.0 Å². The van der Waals surface area contributed by atoms with Crippen LogP contribution in [0.15, 0.2) is 0 Å². The number of carbonyl (C=O) groups is 1. The fourth-order valence-corrected chi connectivity index (χ4v) is 0.880. The number of primary amides is 1. The fourth-order valence-electron chi connectivity index (χ4n) is 0.880. The van der Waals surface area contributed by atoms with Crippen LogP contribution in [0, 0.1) is 0 Å². The summed E-state index contributed by atoms with van der Waals surface area (Å²) in [5.41, 5.74) is 4.95. The van der Waals surface area contributed by atoms with Gasteiger partial charge in [0.05, 0.1) is 13.2 Å². The smallest absolute Gasteiger partial charge is 0.217 e. The second kappa shape index (κ2) is 10.4. The van der Waals surface area contributed by atoms with Gasteiger partial charge in [-0.2, -0.15) is 0 Å². The minimum atomic E-state index is -0.292. The van der Waals surface area contributed by atoms with E-state index in [0.717, 1.165) is 6.42 Å². The van der Waals surface area contributed by atoms with Crippen molar-refractivity contribution in [3.05, 3.63) is 0 Å². The van der Waals surface area contributed by atoms with Crippen LogP contribution >= 0.6 is 0 Å². The highest BCUT2D eigenvalue weighted by molar-refractivity contribution is 5.73. The molecule has 5 heteroatoms. The van der Waals surface area contributed by atoms with Gasteiger partial charge >= 0.3 is 0 Å². The minimum Gasteiger partial charge on any atom is -0.394 e. The summed E-state index contributed by atoms with van der Waals surface area (Å²) >= 11 is 0. The van der Waals surface area contributed by atoms with Crippen molar-refractivity contribution in [1.82, 2.24) is 0 Å². The second-order valence-electron chi connectivity index (χ2n) is 2.87. The Morgan fingerprint density at radius 2 is 1.64 bits per heavy atom. The zero-order valence-electron chi connectivity index (χ0n) is 8.41. The van der Waals surface area contributed by atoms with Crippen LogP contribution in [0.25, 0.3) is 0 Å². The molecule has 84 valence electrons. The third-order valence-electron chi connectivity index (χ3n) is 1.52. The molecule has 0 atom stereocenters. The number of nitrogens with two attached hydrogens (primary N) is 1. The van der Waals surface area contributed by atoms with E-state index in [1.165, 1.54) is 0 Å². The summed E-state index contributed by atoms with van der Waals surface area (Å²) < 4.78 is 10.2. The first-order valence-corrected chi connectivity index (χ1v) is 4.82. The topological polar surface area (TPSA) is 81.8 Å². The molecule has 3 N–H and O–H groups in total. The third kappa shape index (κ3) is 11.4. The number of hydrogen-bond acceptors (Lipinski definition) is 4. The molecule has 0 radical (unpaired) electrons. The highest BCUT2D eigenvalue weighted by Crippen LogP contribution is 1.91. The molecule has 0 unspecified atom stereocenters. The van der Waals surface area contributed by atoms with Crippen molar-refractivity contribution < 1.29 is 19.4 Å². The monoisotopic (exact) mass is 205 g/mol. The van der Waals surface area contributed by atoms with Crippen molar-refractivity contribution in [2.24, 2.45) is 5.73 Å². The summed E-state index contributed by atoms with van der Waals surface area (Å²) in [7, 11) is 0. The van der Waals surface area contributed by atoms with Crippen LogP contribution in [0.2, 0.25) is 0 Å². The number of ether oxygens (including phenoxy) is 2. The van der Waals surface area contributed by atoms with Crippen molar-refractivity contribution in [2.75, 3.05) is 33.0 Å². The maximum Gasteiger partial charge on any atom is 0.217 e. The molecule has 0 heterocycles. The Balaban J connectivity index is 2.88. The zero-order chi connectivity index (χ0) is 10.6. The van der Waals surface area contributed by atoms with Crippen LogP contribution in [-0.2, 0) is 14.3 Å². The SMILES string of the molecule is NC(=O)CCCOCCCOCCO. The van der Waals surface area contributed by atoms with Gasteiger partial charge in [-0.1, -0.05) is 0 Å². The summed E-state index contributed by atoms with van der Waals surface area (Å²) in [6, 6.07) is 0. The summed E-state index contributed by atoms with van der Waals surface area (Å²) in [6.07, 6.45) is 1.85. The molecule has 0 aliphatic rings. The van der Waals surface area contributed by atoms with Crippen LogP contribution in [0.4, 0.5) is 0 Å². The summed E-state index contributed by atoms with van der Waals surface area (Å²) in [6.45, 7) is 2.20. The first-order valence-electron chi connectivity index (χ1n) is 4.82. The van der Waals surface area contributed by atoms with E-state index in [1.807, 2.05) is 0 Å². The van der Waals surface area contributed by atoms with Gasteiger partial charge in [-0.15, -0.1) is 0 Å². The van der Waals surface area contributed by atoms with Gasteiger partial charge in [0.25, 0.3) is 0 Å². The Hall–Kier alpha value is -0.650. The van der Waals surface area contributed by atoms with Gasteiger partial charge < -0.3 is 20.3 Å². The Morgan fingerprint density at radius 3 is 2.21 bits per heavy atom. The van der Waals surface area contributed by atoms with Crippen molar-refractivity contribution in [1.29, 1.82) is 0 Å². The molecular formula is C9H19NO4. The Morgan fingerprint density at radius 1 is 1.07 bits per heavy atom. The normalized spacial score (nSPS) is 10.4. The predicted molar refractivity (Wildman–Crippen MR) is 51.8 cm³/mol. The van der Waals surface area contributed by atoms with Gasteiger partial charge in [0.1, 0.15) is 0 Å². The molecule has 0 saturated heterocycles. The molecule has 0 aliphatic carbocycles. The minimum absolute atomic E-state index is 0.0550. The highest BCUT2D eigenvalue weighted by Gasteiger charge is 1.94. The first kappa shape index (κ1) is 13.4. The van der Waals surface area contributed by atoms with Crippen molar-refractivity contribution in [2.45, 2.75) is 19.3 Å². The molecule has 5 nitrogen and oxygen atoms in total. The van der Waals surface area contributed by atoms with Gasteiger partial charge in [-0.25, -0.2) is 0 Å². The van der Waals surface area contributed by atoms with Crippen LogP contribution in [0.3, 0.4) is 0 Å². The lowest BCUT2D eigenvalue weighted by Gasteiger charge is -2.03. The van der Waals surface area contributed by atoms with Crippen LogP contribution in [0.5, 0.6) is 0 Å². The van der Waals surface area contributed by atoms with Crippen LogP contribution in [0.1, 0.15) is 19.3 Å². The molecule has 14 heavy (non-hydrogen) atoms. The standard InChI is InChI=1S/C9H19NO4/c10-9(12)3-1-5-13-6-2-7-14-8-4-11/h11H,1-8H2,(H2,10,12). The third-order valence-corrected chi connectivity index (χ3v) is 1.52. The summed E-state index contributed by atoms with van der Waals surface area (Å²) in [4.78, 5) is 10.3. The highest BCUT2D eigenvalue weighted by atomic mass is 16.5. The Bertz CT molecular complexity index is 141. The lowest BCUT2D eigenvalue weighted by atomic mass is 10.3. The predicted octanol–water partition coefficient (Wildman–Crippen LogP) is -0.333. The van der Waals surface area contributed by atoms with Crippen molar-refractivity contribution in [3.8, 4) is 0 Å². The lowest BCUT2D eigenvalue weighted by molar-refractivity contribution is -0.118. The number of hydrogen-bond donors (Lipinski definition) is 2. The van der Waals surface area contributed by atoms with E-state index >= 15 is 0 Å². The molecule has 0 spiro atoms. The molecule has 0 aromatic heterocycles. The maximum absolute atomic E-state index is 10.3. The average molecular weight is 205 g/mol. The van der Waals surface area contributed by atoms with E-state index < -0.39 is 0 Å². The van der Waals surface area contributed by atoms with Gasteiger partial charge in [0.15, 0.2) is 0 Å². The fraction of sp³-hybridized carbons (Fsp3) is 0.889. The molecule has 0 aromatic rings. The second-order valence-corrected chi connectivity index (χ2v) is 2.87. The van der Waals surface area contributed by atoms with Gasteiger partial charge in [0.2, 0.25) is 5.91 Å². The summed E-state index contributed by atoms with van der Waals surface area (Å²) in [5, 5.41) is 8.39. The van der Waals surface area contributed by atoms with E-state index in [-0.39, 0.29) is 12.5 Å². The molecule has 1 amide bonds. The Kier molecular flexibility index (Phi) is 9.95. The largest absolute Gasteiger partial charge is 0.394 e. The van der Waals surface area contributed by atoms with E-state index in [4.69, 9.17) is 20.3 Å². The average Bonchev–Trinajstić information content (AvgIpc) is 2.15. The van der Waals surface area contributed by atoms with Gasteiger partial charge in [0, 0.05) is 26.2 Å². The van der Waals surface area contributed by atoms with E-state index in [0.29, 0.717) is 39.3 Å². The number of carbonyl (C=O) groups excluding carboxylic acids is 1. The van der Waals surface area contributed by atoms with Gasteiger partial charge in [-0.3, -0.25) is 4.79 Å². The van der Waals surface area contributed by atoms with Crippen LogP contribution < -0.4 is 5.73 Å². The number of aliphatic hydroxyl groups excluding tert-OH is 1. The van der Waals surface area contributed by atoms with E-state index in [1.54, 1.807) is 0 Å². The summed E-state index contributed by atoms with van der Waals surface area (Å²) in [5.74, 6) is -0.292. The molecule has 0 fully saturated rings. The molecular weight excluding hydrogens is 186 g/mol. The number of rotatable bonds is 10. The van der Waals surface area contributed by atoms with Gasteiger partial charge in [-0.05, 0) is 12.8 Å². The number of aliphatic hydroxyl groups is 1. The first-order chi connectivity index (χ1) is 6.77.